The van der Waals surface area contributed by atoms with E-state index in [-0.39, 0.29) is 0 Å². The first-order valence-corrected chi connectivity index (χ1v) is 10.8. The molecule has 1 rings (SSSR count). The maximum atomic E-state index is 12.3. The first-order valence-electron chi connectivity index (χ1n) is 8.50. The van der Waals surface area contributed by atoms with Gasteiger partial charge in [0.15, 0.2) is 0 Å². The number of aliphatic hydroxyl groups excluding tert-OH is 2. The lowest BCUT2D eigenvalue weighted by atomic mass is 10.1. The highest BCUT2D eigenvalue weighted by atomic mass is 31.2. The first-order chi connectivity index (χ1) is 9.57. The molecule has 3 nitrogen and oxygen atoms in total. The Labute approximate surface area is 124 Å². The van der Waals surface area contributed by atoms with Crippen molar-refractivity contribution in [2.24, 2.45) is 0 Å². The summed E-state index contributed by atoms with van der Waals surface area (Å²) in [4.78, 5) is 0. The molecule has 2 atom stereocenters. The first kappa shape index (κ1) is 18.2. The van der Waals surface area contributed by atoms with Crippen molar-refractivity contribution in [3.63, 3.8) is 0 Å². The van der Waals surface area contributed by atoms with Gasteiger partial charge < -0.3 is 14.8 Å². The molecule has 0 aliphatic carbocycles. The third kappa shape index (κ3) is 7.24. The van der Waals surface area contributed by atoms with E-state index in [1.165, 1.54) is 51.4 Å². The van der Waals surface area contributed by atoms with E-state index in [4.69, 9.17) is 0 Å². The molecule has 2 unspecified atom stereocenters. The molecular formula is C16H33O3P. The molecule has 0 radical (unpaired) electrons. The molecule has 1 heterocycles. The number of rotatable bonds is 11. The molecule has 0 spiro atoms. The summed E-state index contributed by atoms with van der Waals surface area (Å²) in [6.07, 6.45) is 12.7. The smallest absolute Gasteiger partial charge is 0.0930 e. The standard InChI is InChI=1S/C16H33O3P/c1-2-3-4-5-6-7-8-9-10-11-12-20(19)13-15(17)16(18)14-20/h15-18H,2-14H2,1H3. The van der Waals surface area contributed by atoms with Gasteiger partial charge in [0.25, 0.3) is 0 Å². The largest absolute Gasteiger partial charge is 0.390 e. The summed E-state index contributed by atoms with van der Waals surface area (Å²) in [5.74, 6) is 0. The van der Waals surface area contributed by atoms with Crippen LogP contribution in [-0.2, 0) is 4.57 Å². The lowest BCUT2D eigenvalue weighted by Crippen LogP contribution is -2.22. The molecule has 4 heteroatoms. The summed E-state index contributed by atoms with van der Waals surface area (Å²) < 4.78 is 12.3. The van der Waals surface area contributed by atoms with Gasteiger partial charge in [0.1, 0.15) is 0 Å². The highest BCUT2D eigenvalue weighted by molar-refractivity contribution is 7.64. The summed E-state index contributed by atoms with van der Waals surface area (Å²) in [6, 6.07) is 0. The summed E-state index contributed by atoms with van der Waals surface area (Å²) in [5, 5.41) is 18.9. The molecule has 0 saturated carbocycles. The maximum absolute atomic E-state index is 12.3. The number of unbranched alkanes of at least 4 members (excludes halogenated alkanes) is 9. The van der Waals surface area contributed by atoms with E-state index < -0.39 is 19.3 Å². The Morgan fingerprint density at radius 2 is 1.20 bits per heavy atom. The number of hydrogen-bond donors (Lipinski definition) is 2. The predicted molar refractivity (Wildman–Crippen MR) is 86.1 cm³/mol. The van der Waals surface area contributed by atoms with Crippen LogP contribution in [0.1, 0.15) is 71.1 Å². The van der Waals surface area contributed by atoms with Crippen LogP contribution in [0, 0.1) is 0 Å². The van der Waals surface area contributed by atoms with Crippen LogP contribution >= 0.6 is 7.14 Å². The molecule has 1 aliphatic rings. The zero-order chi connectivity index (χ0) is 14.8. The van der Waals surface area contributed by atoms with Crippen molar-refractivity contribution in [3.8, 4) is 0 Å². The minimum atomic E-state index is -2.26. The molecule has 20 heavy (non-hydrogen) atoms. The Kier molecular flexibility index (Phi) is 9.08. The third-order valence-electron chi connectivity index (χ3n) is 4.40. The summed E-state index contributed by atoms with van der Waals surface area (Å²) in [7, 11) is -2.26. The Hall–Kier alpha value is 0.150. The van der Waals surface area contributed by atoms with Crippen LogP contribution < -0.4 is 0 Å². The van der Waals surface area contributed by atoms with Crippen molar-refractivity contribution in [2.75, 3.05) is 18.5 Å². The average Bonchev–Trinajstić information content (AvgIpc) is 2.66. The van der Waals surface area contributed by atoms with Gasteiger partial charge in [0.2, 0.25) is 0 Å². The fourth-order valence-electron chi connectivity index (χ4n) is 3.07. The van der Waals surface area contributed by atoms with Gasteiger partial charge in [0, 0.05) is 18.5 Å². The molecule has 0 aromatic heterocycles. The molecule has 1 fully saturated rings. The Morgan fingerprint density at radius 1 is 0.800 bits per heavy atom. The van der Waals surface area contributed by atoms with Crippen molar-refractivity contribution >= 4 is 7.14 Å². The van der Waals surface area contributed by atoms with E-state index in [1.54, 1.807) is 0 Å². The van der Waals surface area contributed by atoms with Crippen LogP contribution in [0.5, 0.6) is 0 Å². The second-order valence-corrected chi connectivity index (χ2v) is 9.76. The quantitative estimate of drug-likeness (QED) is 0.448. The maximum Gasteiger partial charge on any atom is 0.0930 e. The highest BCUT2D eigenvalue weighted by Gasteiger charge is 2.39. The lowest BCUT2D eigenvalue weighted by molar-refractivity contribution is 0.0572. The van der Waals surface area contributed by atoms with E-state index in [2.05, 4.69) is 6.92 Å². The molecule has 1 aliphatic heterocycles. The van der Waals surface area contributed by atoms with Gasteiger partial charge in [-0.2, -0.15) is 0 Å². The van der Waals surface area contributed by atoms with Crippen molar-refractivity contribution < 1.29 is 14.8 Å². The zero-order valence-electron chi connectivity index (χ0n) is 13.1. The van der Waals surface area contributed by atoms with Gasteiger partial charge in [-0.05, 0) is 6.42 Å². The zero-order valence-corrected chi connectivity index (χ0v) is 14.0. The molecule has 2 N–H and O–H groups in total. The van der Waals surface area contributed by atoms with Crippen molar-refractivity contribution in [2.45, 2.75) is 83.3 Å². The Bertz CT molecular complexity index is 279. The van der Waals surface area contributed by atoms with Gasteiger partial charge >= 0.3 is 0 Å². The number of aliphatic hydroxyl groups is 2. The van der Waals surface area contributed by atoms with Crippen LogP contribution in [0.2, 0.25) is 0 Å². The molecule has 120 valence electrons. The molecular weight excluding hydrogens is 271 g/mol. The second-order valence-electron chi connectivity index (χ2n) is 6.46. The fraction of sp³-hybridized carbons (Fsp3) is 1.00. The minimum Gasteiger partial charge on any atom is -0.390 e. The lowest BCUT2D eigenvalue weighted by Gasteiger charge is -2.10. The van der Waals surface area contributed by atoms with Gasteiger partial charge in [-0.25, -0.2) is 0 Å². The Morgan fingerprint density at radius 3 is 1.65 bits per heavy atom. The van der Waals surface area contributed by atoms with Gasteiger partial charge in [-0.3, -0.25) is 0 Å². The van der Waals surface area contributed by atoms with Gasteiger partial charge in [0.05, 0.1) is 19.3 Å². The normalized spacial score (nSPS) is 29.9. The monoisotopic (exact) mass is 304 g/mol. The summed E-state index contributed by atoms with van der Waals surface area (Å²) in [6.45, 7) is 2.24. The van der Waals surface area contributed by atoms with Crippen molar-refractivity contribution in [3.05, 3.63) is 0 Å². The van der Waals surface area contributed by atoms with E-state index in [0.29, 0.717) is 12.3 Å². The van der Waals surface area contributed by atoms with E-state index in [9.17, 15) is 14.8 Å². The Balaban J connectivity index is 1.91. The van der Waals surface area contributed by atoms with Gasteiger partial charge in [-0.15, -0.1) is 0 Å². The number of hydrogen-bond acceptors (Lipinski definition) is 3. The topological polar surface area (TPSA) is 57.5 Å². The highest BCUT2D eigenvalue weighted by Crippen LogP contribution is 2.52. The van der Waals surface area contributed by atoms with E-state index >= 15 is 0 Å². The molecule has 1 saturated heterocycles. The van der Waals surface area contributed by atoms with Crippen LogP contribution in [0.15, 0.2) is 0 Å². The summed E-state index contributed by atoms with van der Waals surface area (Å²) in [5.41, 5.74) is 0. The molecule has 0 aromatic rings. The van der Waals surface area contributed by atoms with Crippen molar-refractivity contribution in [1.29, 1.82) is 0 Å². The van der Waals surface area contributed by atoms with Crippen LogP contribution in [0.4, 0.5) is 0 Å². The van der Waals surface area contributed by atoms with Crippen LogP contribution in [0.3, 0.4) is 0 Å². The SMILES string of the molecule is CCCCCCCCCCCCP1(=O)CC(O)C(O)C1. The average molecular weight is 304 g/mol. The van der Waals surface area contributed by atoms with Crippen LogP contribution in [0.25, 0.3) is 0 Å². The molecule has 0 amide bonds. The molecule has 0 bridgehead atoms. The van der Waals surface area contributed by atoms with E-state index in [1.807, 2.05) is 0 Å². The second kappa shape index (κ2) is 9.97. The minimum absolute atomic E-state index is 0.339. The molecule has 0 aromatic carbocycles. The predicted octanol–water partition coefficient (Wildman–Crippen LogP) is 4.01. The van der Waals surface area contributed by atoms with Crippen molar-refractivity contribution in [1.82, 2.24) is 0 Å². The summed E-state index contributed by atoms with van der Waals surface area (Å²) >= 11 is 0. The third-order valence-corrected chi connectivity index (χ3v) is 7.61. The fourth-order valence-corrected chi connectivity index (χ4v) is 6.23. The van der Waals surface area contributed by atoms with E-state index in [0.717, 1.165) is 19.0 Å². The van der Waals surface area contributed by atoms with Crippen LogP contribution in [-0.4, -0.2) is 40.9 Å². The van der Waals surface area contributed by atoms with Gasteiger partial charge in [-0.1, -0.05) is 64.7 Å².